The van der Waals surface area contributed by atoms with E-state index in [1.165, 1.54) is 16.6 Å². The number of para-hydroxylation sites is 1. The van der Waals surface area contributed by atoms with E-state index < -0.39 is 0 Å². The molecule has 0 saturated heterocycles. The topological polar surface area (TPSA) is 21.2 Å². The van der Waals surface area contributed by atoms with Gasteiger partial charge in [-0.1, -0.05) is 30.3 Å². The third kappa shape index (κ3) is 2.43. The molecule has 4 aromatic rings. The molecule has 0 aliphatic carbocycles. The maximum atomic E-state index is 4.52. The summed E-state index contributed by atoms with van der Waals surface area (Å²) in [4.78, 5) is 4.52. The summed E-state index contributed by atoms with van der Waals surface area (Å²) in [6, 6.07) is 16.7. The Morgan fingerprint density at radius 1 is 0.952 bits per heavy atom. The average molecular weight is 340 g/mol. The van der Waals surface area contributed by atoms with Crippen molar-refractivity contribution in [1.29, 1.82) is 0 Å². The van der Waals surface area contributed by atoms with Crippen LogP contribution < -0.4 is 21.5 Å². The molecule has 104 valence electrons. The van der Waals surface area contributed by atoms with E-state index in [1.54, 1.807) is 0 Å². The predicted molar refractivity (Wildman–Crippen MR) is 78.4 cm³/mol. The van der Waals surface area contributed by atoms with Crippen molar-refractivity contribution in [1.82, 2.24) is 9.38 Å². The van der Waals surface area contributed by atoms with Gasteiger partial charge in [-0.05, 0) is 12.1 Å². The molecule has 3 aromatic heterocycles. The molecule has 0 bridgehead atoms. The second-order valence-electron chi connectivity index (χ2n) is 4.88. The van der Waals surface area contributed by atoms with Gasteiger partial charge in [0.2, 0.25) is 0 Å². The molecular formula is C17H14BrN3. The minimum atomic E-state index is 0. The summed E-state index contributed by atoms with van der Waals surface area (Å²) in [6.45, 7) is 0.828. The molecule has 3 heterocycles. The van der Waals surface area contributed by atoms with Crippen molar-refractivity contribution in [3.63, 3.8) is 0 Å². The summed E-state index contributed by atoms with van der Waals surface area (Å²) in [5.74, 6) is 0. The van der Waals surface area contributed by atoms with E-state index in [2.05, 4.69) is 68.9 Å². The van der Waals surface area contributed by atoms with E-state index in [4.69, 9.17) is 0 Å². The van der Waals surface area contributed by atoms with E-state index in [-0.39, 0.29) is 17.0 Å². The van der Waals surface area contributed by atoms with Crippen molar-refractivity contribution in [3.8, 4) is 0 Å². The Balaban J connectivity index is 0.00000132. The molecule has 0 amide bonds. The number of rotatable bonds is 2. The van der Waals surface area contributed by atoms with Crippen LogP contribution in [-0.2, 0) is 6.54 Å². The summed E-state index contributed by atoms with van der Waals surface area (Å²) in [5, 5.41) is 1.19. The fourth-order valence-corrected chi connectivity index (χ4v) is 2.66. The van der Waals surface area contributed by atoms with Gasteiger partial charge >= 0.3 is 0 Å². The van der Waals surface area contributed by atoms with E-state index in [0.29, 0.717) is 0 Å². The summed E-state index contributed by atoms with van der Waals surface area (Å²) < 4.78 is 4.36. The first kappa shape index (κ1) is 13.8. The molecule has 0 spiro atoms. The maximum absolute atomic E-state index is 4.52. The van der Waals surface area contributed by atoms with Crippen LogP contribution in [0.15, 0.2) is 73.3 Å². The van der Waals surface area contributed by atoms with Gasteiger partial charge in [-0.15, -0.1) is 0 Å². The normalized spacial score (nSPS) is 10.7. The van der Waals surface area contributed by atoms with Gasteiger partial charge in [0.1, 0.15) is 18.9 Å². The molecule has 0 radical (unpaired) electrons. The number of aromatic nitrogens is 3. The highest BCUT2D eigenvalue weighted by Crippen LogP contribution is 2.15. The fraction of sp³-hybridized carbons (Fsp3) is 0.0588. The van der Waals surface area contributed by atoms with Gasteiger partial charge < -0.3 is 17.0 Å². The standard InChI is InChI=1S/C17H14N3.BrH/c1-2-10-19-11-12-20(16(19)8-1)13-15-6-3-5-14-7-4-9-18-17(14)15;/h1-12H,13H2;1H/q+1;/p-1. The van der Waals surface area contributed by atoms with Gasteiger partial charge in [-0.2, -0.15) is 0 Å². The van der Waals surface area contributed by atoms with Gasteiger partial charge in [-0.25, -0.2) is 8.97 Å². The van der Waals surface area contributed by atoms with Crippen molar-refractivity contribution >= 4 is 16.6 Å². The third-order valence-corrected chi connectivity index (χ3v) is 3.63. The van der Waals surface area contributed by atoms with Crippen molar-refractivity contribution in [2.24, 2.45) is 0 Å². The van der Waals surface area contributed by atoms with Gasteiger partial charge in [0, 0.05) is 23.2 Å². The Hall–Kier alpha value is -2.20. The van der Waals surface area contributed by atoms with Gasteiger partial charge in [0.05, 0.1) is 11.7 Å². The lowest BCUT2D eigenvalue weighted by Crippen LogP contribution is -3.00. The zero-order valence-corrected chi connectivity index (χ0v) is 12.9. The SMILES string of the molecule is [Br-].c1cnc2c(C[n+]3ccn4ccccc43)cccc2c1. The summed E-state index contributed by atoms with van der Waals surface area (Å²) in [7, 11) is 0. The molecule has 21 heavy (non-hydrogen) atoms. The first-order valence-electron chi connectivity index (χ1n) is 6.69. The lowest BCUT2D eigenvalue weighted by molar-refractivity contribution is -0.661. The highest BCUT2D eigenvalue weighted by atomic mass is 79.9. The molecule has 0 atom stereocenters. The van der Waals surface area contributed by atoms with E-state index in [1.807, 2.05) is 18.3 Å². The van der Waals surface area contributed by atoms with Crippen molar-refractivity contribution in [2.75, 3.05) is 0 Å². The highest BCUT2D eigenvalue weighted by Gasteiger charge is 2.10. The van der Waals surface area contributed by atoms with Gasteiger partial charge in [0.15, 0.2) is 0 Å². The molecule has 0 aliphatic heterocycles. The second-order valence-corrected chi connectivity index (χ2v) is 4.88. The number of halogens is 1. The van der Waals surface area contributed by atoms with Crippen LogP contribution in [0, 0.1) is 0 Å². The van der Waals surface area contributed by atoms with Crippen LogP contribution in [0.25, 0.3) is 16.6 Å². The number of pyridine rings is 2. The Labute approximate surface area is 133 Å². The molecule has 1 aromatic carbocycles. The first-order chi connectivity index (χ1) is 9.92. The fourth-order valence-electron chi connectivity index (χ4n) is 2.66. The number of hydrogen-bond donors (Lipinski definition) is 0. The molecule has 0 unspecified atom stereocenters. The van der Waals surface area contributed by atoms with Crippen LogP contribution in [0.2, 0.25) is 0 Å². The van der Waals surface area contributed by atoms with Crippen LogP contribution in [0.1, 0.15) is 5.56 Å². The summed E-state index contributed by atoms with van der Waals surface area (Å²) in [6.07, 6.45) is 8.10. The minimum absolute atomic E-state index is 0. The van der Waals surface area contributed by atoms with Crippen molar-refractivity contribution in [3.05, 3.63) is 78.9 Å². The Morgan fingerprint density at radius 2 is 1.86 bits per heavy atom. The van der Waals surface area contributed by atoms with Crippen LogP contribution in [0.5, 0.6) is 0 Å². The molecule has 0 N–H and O–H groups in total. The molecule has 4 heteroatoms. The largest absolute Gasteiger partial charge is 1.00 e. The van der Waals surface area contributed by atoms with Gasteiger partial charge in [-0.3, -0.25) is 4.98 Å². The van der Waals surface area contributed by atoms with Crippen molar-refractivity contribution in [2.45, 2.75) is 6.54 Å². The smallest absolute Gasteiger partial charge is 0.286 e. The monoisotopic (exact) mass is 339 g/mol. The summed E-state index contributed by atoms with van der Waals surface area (Å²) >= 11 is 0. The number of imidazole rings is 1. The summed E-state index contributed by atoms with van der Waals surface area (Å²) in [5.41, 5.74) is 3.50. The first-order valence-corrected chi connectivity index (χ1v) is 6.69. The van der Waals surface area contributed by atoms with Crippen LogP contribution in [0.3, 0.4) is 0 Å². The molecule has 3 nitrogen and oxygen atoms in total. The van der Waals surface area contributed by atoms with Crippen molar-refractivity contribution < 1.29 is 21.5 Å². The Kier molecular flexibility index (Phi) is 3.71. The zero-order chi connectivity index (χ0) is 13.4. The molecular weight excluding hydrogens is 326 g/mol. The van der Waals surface area contributed by atoms with E-state index in [0.717, 1.165) is 12.1 Å². The lowest BCUT2D eigenvalue weighted by atomic mass is 10.1. The maximum Gasteiger partial charge on any atom is 0.286 e. The van der Waals surface area contributed by atoms with Crippen LogP contribution >= 0.6 is 0 Å². The minimum Gasteiger partial charge on any atom is -1.00 e. The van der Waals surface area contributed by atoms with E-state index >= 15 is 0 Å². The molecule has 0 saturated carbocycles. The number of fused-ring (bicyclic) bond motifs is 2. The average Bonchev–Trinajstić information content (AvgIpc) is 2.91. The Morgan fingerprint density at radius 3 is 2.81 bits per heavy atom. The molecule has 4 rings (SSSR count). The second kappa shape index (κ2) is 5.66. The molecule has 0 aliphatic rings. The number of benzene rings is 1. The molecule has 0 fully saturated rings. The number of hydrogen-bond acceptors (Lipinski definition) is 1. The quantitative estimate of drug-likeness (QED) is 0.464. The van der Waals surface area contributed by atoms with E-state index in [9.17, 15) is 0 Å². The predicted octanol–water partition coefficient (Wildman–Crippen LogP) is -0.173. The van der Waals surface area contributed by atoms with Crippen LogP contribution in [-0.4, -0.2) is 9.38 Å². The lowest BCUT2D eigenvalue weighted by Gasteiger charge is -2.03. The Bertz CT molecular complexity index is 893. The third-order valence-electron chi connectivity index (χ3n) is 3.63. The van der Waals surface area contributed by atoms with Gasteiger partial charge in [0.25, 0.3) is 5.65 Å². The zero-order valence-electron chi connectivity index (χ0n) is 11.4. The number of nitrogens with zero attached hydrogens (tertiary/aromatic N) is 3. The highest BCUT2D eigenvalue weighted by molar-refractivity contribution is 5.81. The van der Waals surface area contributed by atoms with Crippen LogP contribution in [0.4, 0.5) is 0 Å².